The number of methoxy groups -OCH3 is 4. The van der Waals surface area contributed by atoms with Gasteiger partial charge in [0.05, 0.1) is 28.4 Å². The molecule has 1 fully saturated rings. The van der Waals surface area contributed by atoms with Crippen molar-refractivity contribution in [1.82, 2.24) is 0 Å². The Balaban J connectivity index is 1.59. The Morgan fingerprint density at radius 3 is 2.23 bits per heavy atom. The summed E-state index contributed by atoms with van der Waals surface area (Å²) in [7, 11) is 6.38. The van der Waals surface area contributed by atoms with Gasteiger partial charge in [0.15, 0.2) is 17.3 Å². The molecule has 1 heterocycles. The van der Waals surface area contributed by atoms with Crippen molar-refractivity contribution in [2.45, 2.75) is 63.4 Å². The van der Waals surface area contributed by atoms with E-state index in [0.29, 0.717) is 46.4 Å². The highest BCUT2D eigenvalue weighted by Crippen LogP contribution is 2.50. The van der Waals surface area contributed by atoms with Crippen LogP contribution in [0.3, 0.4) is 0 Å². The first-order chi connectivity index (χ1) is 19.4. The summed E-state index contributed by atoms with van der Waals surface area (Å²) in [6, 6.07) is 11.2. The van der Waals surface area contributed by atoms with E-state index in [1.54, 1.807) is 28.4 Å². The number of nitrogens with zero attached hydrogens (tertiary/aromatic N) is 1. The maximum atomic E-state index is 14.0. The van der Waals surface area contributed by atoms with E-state index < -0.39 is 11.8 Å². The zero-order valence-corrected chi connectivity index (χ0v) is 23.8. The van der Waals surface area contributed by atoms with Crippen LogP contribution in [0.2, 0.25) is 0 Å². The molecule has 2 aliphatic carbocycles. The van der Waals surface area contributed by atoms with Gasteiger partial charge in [-0.15, -0.1) is 0 Å². The molecule has 0 N–H and O–H groups in total. The Morgan fingerprint density at radius 1 is 0.850 bits per heavy atom. The fraction of sp³-hybridized carbons (Fsp3) is 0.469. The molecule has 3 aliphatic rings. The maximum absolute atomic E-state index is 14.0. The molecule has 0 aromatic heterocycles. The van der Waals surface area contributed by atoms with Crippen molar-refractivity contribution in [3.63, 3.8) is 0 Å². The van der Waals surface area contributed by atoms with E-state index in [-0.39, 0.29) is 30.2 Å². The molecular weight excluding hydrogens is 510 g/mol. The van der Waals surface area contributed by atoms with Gasteiger partial charge in [0, 0.05) is 34.9 Å². The van der Waals surface area contributed by atoms with Gasteiger partial charge in [0.2, 0.25) is 0 Å². The second kappa shape index (κ2) is 11.7. The lowest BCUT2D eigenvalue weighted by molar-refractivity contribution is -0.151. The smallest absolute Gasteiger partial charge is 0.315 e. The second-order valence-electron chi connectivity index (χ2n) is 10.7. The van der Waals surface area contributed by atoms with Gasteiger partial charge in [-0.3, -0.25) is 14.6 Å². The van der Waals surface area contributed by atoms with Gasteiger partial charge < -0.3 is 23.7 Å². The van der Waals surface area contributed by atoms with Crippen LogP contribution in [0.1, 0.15) is 68.4 Å². The summed E-state index contributed by atoms with van der Waals surface area (Å²) < 4.78 is 28.2. The van der Waals surface area contributed by atoms with Crippen LogP contribution in [-0.2, 0) is 14.3 Å². The molecular formula is C32H37NO7. The second-order valence-corrected chi connectivity index (χ2v) is 10.7. The minimum atomic E-state index is -0.734. The molecule has 2 aromatic carbocycles. The third-order valence-corrected chi connectivity index (χ3v) is 8.38. The zero-order chi connectivity index (χ0) is 28.4. The summed E-state index contributed by atoms with van der Waals surface area (Å²) >= 11 is 0. The number of esters is 1. The average Bonchev–Trinajstić information content (AvgIpc) is 3.48. The van der Waals surface area contributed by atoms with Crippen molar-refractivity contribution in [1.29, 1.82) is 0 Å². The highest BCUT2D eigenvalue weighted by molar-refractivity contribution is 6.09. The lowest BCUT2D eigenvalue weighted by atomic mass is 9.69. The summed E-state index contributed by atoms with van der Waals surface area (Å²) in [6.45, 7) is 1.86. The molecule has 1 saturated carbocycles. The molecule has 40 heavy (non-hydrogen) atoms. The number of hydrogen-bond acceptors (Lipinski definition) is 8. The van der Waals surface area contributed by atoms with E-state index in [2.05, 4.69) is 0 Å². The first-order valence-electron chi connectivity index (χ1n) is 13.8. The number of rotatable bonds is 8. The number of ether oxygens (including phenoxy) is 5. The first-order valence-corrected chi connectivity index (χ1v) is 13.8. The lowest BCUT2D eigenvalue weighted by Gasteiger charge is -2.37. The molecule has 8 heteroatoms. The highest BCUT2D eigenvalue weighted by atomic mass is 16.5. The number of aliphatic imine (C=N–C) groups is 1. The molecule has 0 radical (unpaired) electrons. The fourth-order valence-corrected chi connectivity index (χ4v) is 6.37. The standard InChI is InChI=1S/C32H37NO7/c1-18-29(32(35)40-21-8-6-7-9-21)30(23-17-22(36-2)11-13-26(23)37-3)31-24(33-18)14-20(15-25(31)34)19-10-12-27(38-4)28(16-19)39-5/h10-13,16-17,20-21,29-30H,6-9,14-15H2,1-5H3/t20-,29?,30+/m0/s1. The van der Waals surface area contributed by atoms with Crippen LogP contribution in [0.25, 0.3) is 0 Å². The Bertz CT molecular complexity index is 1360. The van der Waals surface area contributed by atoms with E-state index >= 15 is 0 Å². The predicted octanol–water partition coefficient (Wildman–Crippen LogP) is 5.78. The van der Waals surface area contributed by atoms with Crippen LogP contribution >= 0.6 is 0 Å². The molecule has 5 rings (SSSR count). The highest BCUT2D eigenvalue weighted by Gasteiger charge is 2.46. The van der Waals surface area contributed by atoms with Gasteiger partial charge in [-0.1, -0.05) is 6.07 Å². The van der Waals surface area contributed by atoms with Crippen molar-refractivity contribution < 1.29 is 33.3 Å². The average molecular weight is 548 g/mol. The summed E-state index contributed by atoms with van der Waals surface area (Å²) in [5.74, 6) is 0.658. The molecule has 0 bridgehead atoms. The van der Waals surface area contributed by atoms with E-state index in [0.717, 1.165) is 36.8 Å². The van der Waals surface area contributed by atoms with Crippen LogP contribution in [0.5, 0.6) is 23.0 Å². The van der Waals surface area contributed by atoms with Crippen LogP contribution in [0, 0.1) is 5.92 Å². The minimum Gasteiger partial charge on any atom is -0.497 e. The van der Waals surface area contributed by atoms with Crippen molar-refractivity contribution in [2.24, 2.45) is 10.9 Å². The van der Waals surface area contributed by atoms with Gasteiger partial charge in [0.25, 0.3) is 0 Å². The third-order valence-electron chi connectivity index (χ3n) is 8.38. The number of carbonyl (C=O) groups is 2. The Morgan fingerprint density at radius 2 is 1.55 bits per heavy atom. The lowest BCUT2D eigenvalue weighted by Crippen LogP contribution is -2.39. The number of carbonyl (C=O) groups excluding carboxylic acids is 2. The molecule has 0 saturated heterocycles. The molecule has 1 unspecified atom stereocenters. The monoisotopic (exact) mass is 547 g/mol. The van der Waals surface area contributed by atoms with Crippen molar-refractivity contribution >= 4 is 17.5 Å². The van der Waals surface area contributed by atoms with E-state index in [4.69, 9.17) is 28.7 Å². The normalized spacial score (nSPS) is 22.9. The number of Topliss-reactive ketones (excluding diaryl/α,β-unsaturated/α-hetero) is 1. The molecule has 3 atom stereocenters. The van der Waals surface area contributed by atoms with Gasteiger partial charge >= 0.3 is 5.97 Å². The van der Waals surface area contributed by atoms with Crippen LogP contribution < -0.4 is 18.9 Å². The molecule has 8 nitrogen and oxygen atoms in total. The molecule has 0 spiro atoms. The summed E-state index contributed by atoms with van der Waals surface area (Å²) in [5, 5.41) is 0. The van der Waals surface area contributed by atoms with Crippen LogP contribution in [0.4, 0.5) is 0 Å². The molecule has 212 valence electrons. The minimum absolute atomic E-state index is 0.0363. The van der Waals surface area contributed by atoms with Gasteiger partial charge in [-0.05, 0) is 80.8 Å². The quantitative estimate of drug-likeness (QED) is 0.387. The Kier molecular flexibility index (Phi) is 8.14. The topological polar surface area (TPSA) is 92.6 Å². The van der Waals surface area contributed by atoms with E-state index in [1.165, 1.54) is 0 Å². The predicted molar refractivity (Wildman–Crippen MR) is 151 cm³/mol. The third kappa shape index (κ3) is 5.19. The first kappa shape index (κ1) is 27.7. The van der Waals surface area contributed by atoms with Crippen LogP contribution in [0.15, 0.2) is 52.7 Å². The fourth-order valence-electron chi connectivity index (χ4n) is 6.37. The summed E-state index contributed by atoms with van der Waals surface area (Å²) in [5.41, 5.74) is 3.59. The van der Waals surface area contributed by atoms with Gasteiger partial charge in [-0.25, -0.2) is 0 Å². The molecule has 1 aliphatic heterocycles. The molecule has 2 aromatic rings. The van der Waals surface area contributed by atoms with Crippen LogP contribution in [-0.4, -0.2) is 52.0 Å². The number of ketones is 1. The number of benzene rings is 2. The largest absolute Gasteiger partial charge is 0.497 e. The van der Waals surface area contributed by atoms with Crippen molar-refractivity contribution in [3.05, 3.63) is 58.8 Å². The number of allylic oxidation sites excluding steroid dienone is 2. The van der Waals surface area contributed by atoms with Gasteiger partial charge in [0.1, 0.15) is 23.5 Å². The van der Waals surface area contributed by atoms with E-state index in [1.807, 2.05) is 43.3 Å². The van der Waals surface area contributed by atoms with Crippen molar-refractivity contribution in [2.75, 3.05) is 28.4 Å². The SMILES string of the molecule is COc1ccc(OC)c([C@H]2C3=C(C[C@H](c4ccc(OC)c(OC)c4)CC3=O)N=C(C)C2C(=O)OC2CCCC2)c1. The Labute approximate surface area is 235 Å². The molecule has 0 amide bonds. The van der Waals surface area contributed by atoms with Crippen molar-refractivity contribution in [3.8, 4) is 23.0 Å². The summed E-state index contributed by atoms with van der Waals surface area (Å²) in [6.07, 6.45) is 4.57. The van der Waals surface area contributed by atoms with Gasteiger partial charge in [-0.2, -0.15) is 0 Å². The van der Waals surface area contributed by atoms with E-state index in [9.17, 15) is 9.59 Å². The number of hydrogen-bond donors (Lipinski definition) is 0. The maximum Gasteiger partial charge on any atom is 0.315 e. The summed E-state index contributed by atoms with van der Waals surface area (Å²) in [4.78, 5) is 32.7. The zero-order valence-electron chi connectivity index (χ0n) is 23.8. The Hall–Kier alpha value is -3.81.